The molecule has 1 unspecified atom stereocenters. The predicted octanol–water partition coefficient (Wildman–Crippen LogP) is 2.35. The van der Waals surface area contributed by atoms with Crippen LogP contribution in [0.4, 0.5) is 10.1 Å². The minimum Gasteiger partial charge on any atom is -0.508 e. The molecular formula is C16H17FN2O2. The van der Waals surface area contributed by atoms with Crippen LogP contribution in [0.15, 0.2) is 42.5 Å². The van der Waals surface area contributed by atoms with E-state index in [9.17, 15) is 14.3 Å². The average molecular weight is 288 g/mol. The molecule has 2 rings (SSSR count). The second kappa shape index (κ2) is 6.37. The van der Waals surface area contributed by atoms with Crippen molar-refractivity contribution in [3.63, 3.8) is 0 Å². The van der Waals surface area contributed by atoms with Gasteiger partial charge >= 0.3 is 0 Å². The molecule has 0 radical (unpaired) electrons. The summed E-state index contributed by atoms with van der Waals surface area (Å²) in [5, 5.41) is 11.7. The van der Waals surface area contributed by atoms with Crippen molar-refractivity contribution in [2.75, 3.05) is 5.32 Å². The summed E-state index contributed by atoms with van der Waals surface area (Å²) in [6, 6.07) is 10.2. The number of halogens is 1. The summed E-state index contributed by atoms with van der Waals surface area (Å²) in [5.74, 6) is -0.787. The Labute approximate surface area is 122 Å². The lowest BCUT2D eigenvalue weighted by molar-refractivity contribution is -0.117. The monoisotopic (exact) mass is 288 g/mol. The number of amides is 1. The van der Waals surface area contributed by atoms with E-state index >= 15 is 0 Å². The number of benzene rings is 2. The summed E-state index contributed by atoms with van der Waals surface area (Å²) >= 11 is 0. The van der Waals surface area contributed by atoms with Gasteiger partial charge in [-0.25, -0.2) is 4.39 Å². The van der Waals surface area contributed by atoms with E-state index in [0.29, 0.717) is 6.42 Å². The van der Waals surface area contributed by atoms with Gasteiger partial charge in [0.2, 0.25) is 5.91 Å². The summed E-state index contributed by atoms with van der Waals surface area (Å²) < 4.78 is 13.7. The summed E-state index contributed by atoms with van der Waals surface area (Å²) in [5.41, 5.74) is 7.53. The molecule has 0 aliphatic rings. The summed E-state index contributed by atoms with van der Waals surface area (Å²) in [6.45, 7) is 1.77. The van der Waals surface area contributed by atoms with E-state index < -0.39 is 17.8 Å². The molecule has 0 heterocycles. The van der Waals surface area contributed by atoms with E-state index in [2.05, 4.69) is 5.32 Å². The van der Waals surface area contributed by atoms with Gasteiger partial charge in [0.1, 0.15) is 11.6 Å². The molecule has 4 nitrogen and oxygen atoms in total. The lowest BCUT2D eigenvalue weighted by Gasteiger charge is -2.13. The molecule has 110 valence electrons. The molecule has 0 aliphatic heterocycles. The predicted molar refractivity (Wildman–Crippen MR) is 79.6 cm³/mol. The maximum atomic E-state index is 13.7. The van der Waals surface area contributed by atoms with E-state index in [1.807, 2.05) is 0 Å². The SMILES string of the molecule is Cc1ccc(NC(=O)C(N)Cc2ccc(O)cc2)c(F)c1. The lowest BCUT2D eigenvalue weighted by Crippen LogP contribution is -2.37. The lowest BCUT2D eigenvalue weighted by atomic mass is 10.1. The molecule has 0 saturated carbocycles. The molecule has 0 aliphatic carbocycles. The van der Waals surface area contributed by atoms with Crippen molar-refractivity contribution in [3.05, 3.63) is 59.4 Å². The number of aromatic hydroxyl groups is 1. The van der Waals surface area contributed by atoms with Gasteiger partial charge in [0, 0.05) is 0 Å². The minimum absolute atomic E-state index is 0.117. The van der Waals surface area contributed by atoms with Crippen LogP contribution in [0.2, 0.25) is 0 Å². The fourth-order valence-corrected chi connectivity index (χ4v) is 1.93. The van der Waals surface area contributed by atoms with Gasteiger partial charge in [-0.15, -0.1) is 0 Å². The van der Waals surface area contributed by atoms with Gasteiger partial charge in [-0.05, 0) is 48.7 Å². The van der Waals surface area contributed by atoms with Gasteiger partial charge in [-0.3, -0.25) is 4.79 Å². The molecule has 0 fully saturated rings. The highest BCUT2D eigenvalue weighted by Gasteiger charge is 2.16. The van der Waals surface area contributed by atoms with Crippen molar-refractivity contribution in [2.24, 2.45) is 5.73 Å². The number of hydrogen-bond donors (Lipinski definition) is 3. The molecule has 2 aromatic carbocycles. The quantitative estimate of drug-likeness (QED) is 0.808. The van der Waals surface area contributed by atoms with Crippen molar-refractivity contribution in [1.29, 1.82) is 0 Å². The van der Waals surface area contributed by atoms with Crippen LogP contribution in [0.1, 0.15) is 11.1 Å². The summed E-state index contributed by atoms with van der Waals surface area (Å²) in [6.07, 6.45) is 0.305. The molecule has 1 atom stereocenters. The maximum absolute atomic E-state index is 13.7. The summed E-state index contributed by atoms with van der Waals surface area (Å²) in [4.78, 5) is 12.0. The first-order chi connectivity index (χ1) is 9.95. The first-order valence-corrected chi connectivity index (χ1v) is 6.56. The van der Waals surface area contributed by atoms with Crippen LogP contribution in [-0.4, -0.2) is 17.1 Å². The van der Waals surface area contributed by atoms with Gasteiger partial charge in [0.25, 0.3) is 0 Å². The van der Waals surface area contributed by atoms with E-state index in [-0.39, 0.29) is 11.4 Å². The Bertz CT molecular complexity index is 641. The summed E-state index contributed by atoms with van der Waals surface area (Å²) in [7, 11) is 0. The van der Waals surface area contributed by atoms with Gasteiger partial charge in [0.15, 0.2) is 0 Å². The maximum Gasteiger partial charge on any atom is 0.241 e. The largest absolute Gasteiger partial charge is 0.508 e. The number of phenols is 1. The fourth-order valence-electron chi connectivity index (χ4n) is 1.93. The van der Waals surface area contributed by atoms with Crippen molar-refractivity contribution in [2.45, 2.75) is 19.4 Å². The van der Waals surface area contributed by atoms with E-state index in [4.69, 9.17) is 5.73 Å². The normalized spacial score (nSPS) is 12.0. The van der Waals surface area contributed by atoms with Crippen LogP contribution in [0.5, 0.6) is 5.75 Å². The number of carbonyl (C=O) groups excluding carboxylic acids is 1. The highest BCUT2D eigenvalue weighted by molar-refractivity contribution is 5.95. The number of nitrogens with two attached hydrogens (primary N) is 1. The fraction of sp³-hybridized carbons (Fsp3) is 0.188. The Morgan fingerprint density at radius 1 is 1.29 bits per heavy atom. The number of anilines is 1. The standard InChI is InChI=1S/C16H17FN2O2/c1-10-2-7-15(13(17)8-10)19-16(21)14(18)9-11-3-5-12(20)6-4-11/h2-8,14,20H,9,18H2,1H3,(H,19,21). The third-order valence-electron chi connectivity index (χ3n) is 3.11. The topological polar surface area (TPSA) is 75.4 Å². The van der Waals surface area contributed by atoms with Crippen LogP contribution in [-0.2, 0) is 11.2 Å². The number of aryl methyl sites for hydroxylation is 1. The Hall–Kier alpha value is -2.40. The Morgan fingerprint density at radius 2 is 1.95 bits per heavy atom. The first-order valence-electron chi connectivity index (χ1n) is 6.56. The van der Waals surface area contributed by atoms with Crippen molar-refractivity contribution >= 4 is 11.6 Å². The van der Waals surface area contributed by atoms with Crippen LogP contribution in [0.3, 0.4) is 0 Å². The minimum atomic E-state index is -0.796. The Morgan fingerprint density at radius 3 is 2.57 bits per heavy atom. The molecule has 5 heteroatoms. The number of hydrogen-bond acceptors (Lipinski definition) is 3. The second-order valence-electron chi connectivity index (χ2n) is 4.95. The van der Waals surface area contributed by atoms with Crippen molar-refractivity contribution in [3.8, 4) is 5.75 Å². The molecule has 1 amide bonds. The highest BCUT2D eigenvalue weighted by atomic mass is 19.1. The third-order valence-corrected chi connectivity index (χ3v) is 3.11. The second-order valence-corrected chi connectivity index (χ2v) is 4.95. The zero-order valence-electron chi connectivity index (χ0n) is 11.6. The molecule has 0 aromatic heterocycles. The average Bonchev–Trinajstić information content (AvgIpc) is 2.44. The molecule has 0 spiro atoms. The molecular weight excluding hydrogens is 271 g/mol. The number of rotatable bonds is 4. The zero-order chi connectivity index (χ0) is 15.4. The van der Waals surface area contributed by atoms with Crippen LogP contribution >= 0.6 is 0 Å². The number of nitrogens with one attached hydrogen (secondary N) is 1. The van der Waals surface area contributed by atoms with Gasteiger partial charge in [-0.1, -0.05) is 18.2 Å². The number of carbonyl (C=O) groups is 1. The third kappa shape index (κ3) is 4.03. The van der Waals surface area contributed by atoms with Gasteiger partial charge in [-0.2, -0.15) is 0 Å². The van der Waals surface area contributed by atoms with E-state index in [1.54, 1.807) is 25.1 Å². The molecule has 0 bridgehead atoms. The van der Waals surface area contributed by atoms with Crippen LogP contribution in [0.25, 0.3) is 0 Å². The number of phenolic OH excluding ortho intramolecular Hbond substituents is 1. The smallest absolute Gasteiger partial charge is 0.241 e. The van der Waals surface area contributed by atoms with Crippen molar-refractivity contribution < 1.29 is 14.3 Å². The molecule has 2 aromatic rings. The van der Waals surface area contributed by atoms with Crippen LogP contribution in [0, 0.1) is 12.7 Å². The highest BCUT2D eigenvalue weighted by Crippen LogP contribution is 2.16. The molecule has 0 saturated heterocycles. The van der Waals surface area contributed by atoms with E-state index in [0.717, 1.165) is 11.1 Å². The van der Waals surface area contributed by atoms with Gasteiger partial charge < -0.3 is 16.2 Å². The Kier molecular flexibility index (Phi) is 4.55. The van der Waals surface area contributed by atoms with Crippen molar-refractivity contribution in [1.82, 2.24) is 0 Å². The molecule has 21 heavy (non-hydrogen) atoms. The van der Waals surface area contributed by atoms with Gasteiger partial charge in [0.05, 0.1) is 11.7 Å². The van der Waals surface area contributed by atoms with E-state index in [1.165, 1.54) is 24.3 Å². The Balaban J connectivity index is 2.00. The zero-order valence-corrected chi connectivity index (χ0v) is 11.6. The molecule has 4 N–H and O–H groups in total. The van der Waals surface area contributed by atoms with Crippen LogP contribution < -0.4 is 11.1 Å². The first kappa shape index (κ1) is 15.0.